The Morgan fingerprint density at radius 1 is 0.826 bits per heavy atom. The molecule has 114 valence electrons. The minimum atomic E-state index is -0.781. The van der Waals surface area contributed by atoms with Crippen molar-refractivity contribution in [2.24, 2.45) is 5.73 Å². The molecule has 3 heteroatoms. The molecule has 3 aromatic rings. The van der Waals surface area contributed by atoms with Crippen LogP contribution in [0.4, 0.5) is 0 Å². The summed E-state index contributed by atoms with van der Waals surface area (Å²) in [5.74, 6) is 0. The minimum Gasteiger partial charge on any atom is -0.326 e. The SMILES string of the molecule is NCc1ccc(C=O)c(P(c2ccccc2)c2ccccc2)c1. The van der Waals surface area contributed by atoms with Crippen molar-refractivity contribution < 1.29 is 4.79 Å². The number of aldehydes is 1. The van der Waals surface area contributed by atoms with Crippen LogP contribution in [0.25, 0.3) is 0 Å². The second kappa shape index (κ2) is 7.32. The van der Waals surface area contributed by atoms with Gasteiger partial charge in [-0.15, -0.1) is 0 Å². The summed E-state index contributed by atoms with van der Waals surface area (Å²) in [6, 6.07) is 26.6. The molecule has 0 amide bonds. The fourth-order valence-corrected chi connectivity index (χ4v) is 5.07. The third-order valence-corrected chi connectivity index (χ3v) is 6.23. The molecule has 0 fully saturated rings. The first-order chi connectivity index (χ1) is 11.3. The quantitative estimate of drug-likeness (QED) is 0.580. The zero-order valence-corrected chi connectivity index (χ0v) is 13.6. The van der Waals surface area contributed by atoms with Crippen LogP contribution in [0.2, 0.25) is 0 Å². The molecule has 0 bridgehead atoms. The average Bonchev–Trinajstić information content (AvgIpc) is 2.63. The summed E-state index contributed by atoms with van der Waals surface area (Å²) in [6.45, 7) is 0.471. The fourth-order valence-electron chi connectivity index (χ4n) is 2.59. The zero-order valence-electron chi connectivity index (χ0n) is 12.7. The van der Waals surface area contributed by atoms with Gasteiger partial charge in [-0.05, 0) is 35.5 Å². The van der Waals surface area contributed by atoms with Gasteiger partial charge in [0.2, 0.25) is 0 Å². The van der Waals surface area contributed by atoms with Crippen LogP contribution in [-0.4, -0.2) is 6.29 Å². The second-order valence-corrected chi connectivity index (χ2v) is 7.41. The van der Waals surface area contributed by atoms with Crippen LogP contribution >= 0.6 is 7.92 Å². The van der Waals surface area contributed by atoms with Gasteiger partial charge in [-0.1, -0.05) is 72.8 Å². The summed E-state index contributed by atoms with van der Waals surface area (Å²) < 4.78 is 0. The lowest BCUT2D eigenvalue weighted by Gasteiger charge is -2.21. The molecule has 23 heavy (non-hydrogen) atoms. The van der Waals surface area contributed by atoms with Crippen LogP contribution in [-0.2, 0) is 6.54 Å². The number of rotatable bonds is 5. The predicted octanol–water partition coefficient (Wildman–Crippen LogP) is 2.72. The van der Waals surface area contributed by atoms with Gasteiger partial charge in [-0.2, -0.15) is 0 Å². The fraction of sp³-hybridized carbons (Fsp3) is 0.0500. The summed E-state index contributed by atoms with van der Waals surface area (Å²) in [5.41, 5.74) is 7.59. The Hall–Kier alpha value is -2.28. The first kappa shape index (κ1) is 15.6. The molecule has 0 saturated carbocycles. The first-order valence-electron chi connectivity index (χ1n) is 7.52. The maximum absolute atomic E-state index is 11.6. The number of hydrogen-bond donors (Lipinski definition) is 1. The molecule has 0 aliphatic carbocycles. The number of nitrogens with two attached hydrogens (primary N) is 1. The smallest absolute Gasteiger partial charge is 0.150 e. The standard InChI is InChI=1S/C20H18NOP/c21-14-16-11-12-17(15-22)20(13-16)23(18-7-3-1-4-8-18)19-9-5-2-6-10-19/h1-13,15H,14,21H2. The van der Waals surface area contributed by atoms with E-state index >= 15 is 0 Å². The van der Waals surface area contributed by atoms with Crippen molar-refractivity contribution in [2.45, 2.75) is 6.54 Å². The second-order valence-electron chi connectivity index (χ2n) is 5.22. The Balaban J connectivity index is 2.22. The first-order valence-corrected chi connectivity index (χ1v) is 8.86. The van der Waals surface area contributed by atoms with Gasteiger partial charge in [0, 0.05) is 12.1 Å². The molecular formula is C20H18NOP. The van der Waals surface area contributed by atoms with Crippen molar-refractivity contribution in [1.29, 1.82) is 0 Å². The number of benzene rings is 3. The number of carbonyl (C=O) groups is 1. The highest BCUT2D eigenvalue weighted by molar-refractivity contribution is 7.80. The lowest BCUT2D eigenvalue weighted by atomic mass is 10.1. The van der Waals surface area contributed by atoms with Crippen LogP contribution in [0, 0.1) is 0 Å². The molecule has 2 nitrogen and oxygen atoms in total. The molecule has 3 rings (SSSR count). The molecular weight excluding hydrogens is 301 g/mol. The molecule has 0 atom stereocenters. The average molecular weight is 319 g/mol. The maximum atomic E-state index is 11.6. The minimum absolute atomic E-state index is 0.471. The van der Waals surface area contributed by atoms with E-state index in [1.165, 1.54) is 10.6 Å². The van der Waals surface area contributed by atoms with Crippen molar-refractivity contribution in [2.75, 3.05) is 0 Å². The van der Waals surface area contributed by atoms with E-state index in [0.29, 0.717) is 6.54 Å². The predicted molar refractivity (Wildman–Crippen MR) is 98.4 cm³/mol. The highest BCUT2D eigenvalue weighted by Gasteiger charge is 2.19. The lowest BCUT2D eigenvalue weighted by molar-refractivity contribution is 0.112. The summed E-state index contributed by atoms with van der Waals surface area (Å²) in [5, 5.41) is 3.52. The third-order valence-electron chi connectivity index (χ3n) is 3.73. The van der Waals surface area contributed by atoms with Gasteiger partial charge in [0.15, 0.2) is 6.29 Å². The Morgan fingerprint density at radius 2 is 1.39 bits per heavy atom. The van der Waals surface area contributed by atoms with E-state index in [2.05, 4.69) is 30.3 Å². The largest absolute Gasteiger partial charge is 0.326 e. The van der Waals surface area contributed by atoms with Crippen LogP contribution in [0.5, 0.6) is 0 Å². The van der Waals surface area contributed by atoms with Gasteiger partial charge in [0.1, 0.15) is 0 Å². The lowest BCUT2D eigenvalue weighted by Crippen LogP contribution is -2.24. The molecule has 0 unspecified atom stereocenters. The van der Waals surface area contributed by atoms with E-state index in [9.17, 15) is 4.79 Å². The van der Waals surface area contributed by atoms with Gasteiger partial charge < -0.3 is 5.73 Å². The van der Waals surface area contributed by atoms with Gasteiger partial charge in [0.25, 0.3) is 0 Å². The highest BCUT2D eigenvalue weighted by Crippen LogP contribution is 2.34. The van der Waals surface area contributed by atoms with Gasteiger partial charge in [-0.25, -0.2) is 0 Å². The topological polar surface area (TPSA) is 43.1 Å². The van der Waals surface area contributed by atoms with E-state index in [0.717, 1.165) is 22.7 Å². The molecule has 0 aliphatic rings. The Labute approximate surface area is 137 Å². The van der Waals surface area contributed by atoms with Crippen molar-refractivity contribution in [3.8, 4) is 0 Å². The van der Waals surface area contributed by atoms with Gasteiger partial charge >= 0.3 is 0 Å². The van der Waals surface area contributed by atoms with E-state index in [-0.39, 0.29) is 0 Å². The highest BCUT2D eigenvalue weighted by atomic mass is 31.1. The van der Waals surface area contributed by atoms with Crippen molar-refractivity contribution in [3.63, 3.8) is 0 Å². The van der Waals surface area contributed by atoms with Gasteiger partial charge in [0.05, 0.1) is 0 Å². The van der Waals surface area contributed by atoms with E-state index in [1.807, 2.05) is 48.5 Å². The molecule has 0 saturated heterocycles. The van der Waals surface area contributed by atoms with Crippen molar-refractivity contribution >= 4 is 30.1 Å². The summed E-state index contributed by atoms with van der Waals surface area (Å²) in [6.07, 6.45) is 0.941. The molecule has 2 N–H and O–H groups in total. The molecule has 0 aromatic heterocycles. The van der Waals surface area contributed by atoms with E-state index in [1.54, 1.807) is 0 Å². The van der Waals surface area contributed by atoms with Crippen molar-refractivity contribution in [3.05, 3.63) is 90.0 Å². The Morgan fingerprint density at radius 3 is 1.87 bits per heavy atom. The molecule has 0 heterocycles. The summed E-state index contributed by atoms with van der Waals surface area (Å²) in [4.78, 5) is 11.6. The van der Waals surface area contributed by atoms with Crippen molar-refractivity contribution in [1.82, 2.24) is 0 Å². The zero-order chi connectivity index (χ0) is 16.1. The Kier molecular flexibility index (Phi) is 4.97. The summed E-state index contributed by atoms with van der Waals surface area (Å²) >= 11 is 0. The molecule has 0 spiro atoms. The molecule has 0 aliphatic heterocycles. The van der Waals surface area contributed by atoms with Crippen LogP contribution in [0.1, 0.15) is 15.9 Å². The molecule has 3 aromatic carbocycles. The van der Waals surface area contributed by atoms with Crippen LogP contribution < -0.4 is 21.6 Å². The van der Waals surface area contributed by atoms with Crippen LogP contribution in [0.3, 0.4) is 0 Å². The van der Waals surface area contributed by atoms with E-state index < -0.39 is 7.92 Å². The summed E-state index contributed by atoms with van der Waals surface area (Å²) in [7, 11) is -0.781. The van der Waals surface area contributed by atoms with Gasteiger partial charge in [-0.3, -0.25) is 4.79 Å². The molecule has 0 radical (unpaired) electrons. The van der Waals surface area contributed by atoms with Crippen LogP contribution in [0.15, 0.2) is 78.9 Å². The normalized spacial score (nSPS) is 10.7. The maximum Gasteiger partial charge on any atom is 0.150 e. The number of carbonyl (C=O) groups excluding carboxylic acids is 1. The Bertz CT molecular complexity index is 748. The number of hydrogen-bond acceptors (Lipinski definition) is 2. The van der Waals surface area contributed by atoms with E-state index in [4.69, 9.17) is 5.73 Å². The monoisotopic (exact) mass is 319 g/mol. The third kappa shape index (κ3) is 3.39.